The van der Waals surface area contributed by atoms with Crippen molar-refractivity contribution in [3.63, 3.8) is 0 Å². The van der Waals surface area contributed by atoms with Crippen molar-refractivity contribution in [1.82, 2.24) is 19.9 Å². The number of carbonyl (C=O) groups excluding carboxylic acids is 1. The van der Waals surface area contributed by atoms with Crippen LogP contribution in [0.5, 0.6) is 0 Å². The number of anilines is 3. The number of thiocarbonyl (C=S) groups is 1. The van der Waals surface area contributed by atoms with E-state index in [1.165, 1.54) is 36.4 Å². The van der Waals surface area contributed by atoms with Gasteiger partial charge in [0, 0.05) is 12.4 Å². The van der Waals surface area contributed by atoms with E-state index in [1.807, 2.05) is 0 Å². The lowest BCUT2D eigenvalue weighted by Gasteiger charge is -2.28. The lowest BCUT2D eigenvalue weighted by Crippen LogP contribution is -2.35. The zero-order valence-corrected chi connectivity index (χ0v) is 18.9. The van der Waals surface area contributed by atoms with E-state index >= 15 is 0 Å². The number of hydrogen-bond acceptors (Lipinski definition) is 7. The van der Waals surface area contributed by atoms with Crippen LogP contribution >= 0.6 is 12.2 Å². The van der Waals surface area contributed by atoms with Gasteiger partial charge in [0.1, 0.15) is 11.6 Å². The van der Waals surface area contributed by atoms with Gasteiger partial charge in [0.25, 0.3) is 5.91 Å². The number of carbonyl (C=O) groups is 1. The summed E-state index contributed by atoms with van der Waals surface area (Å²) in [5.74, 6) is -1.01. The molecular formula is C22H20F4N6OS. The first-order valence-corrected chi connectivity index (χ1v) is 10.4. The molecule has 3 rings (SSSR count). The van der Waals surface area contributed by atoms with Crippen molar-refractivity contribution in [3.05, 3.63) is 71.2 Å². The van der Waals surface area contributed by atoms with E-state index < -0.39 is 29.5 Å². The fourth-order valence-electron chi connectivity index (χ4n) is 3.18. The number of nitrogen functional groups attached to an aromatic ring is 1. The number of nitrogens with one attached hydrogen (secondary N) is 1. The second kappa shape index (κ2) is 10.1. The summed E-state index contributed by atoms with van der Waals surface area (Å²) in [4.78, 5) is 25.7. The number of nitrogens with zero attached hydrogens (tertiary/aromatic N) is 4. The minimum Gasteiger partial charge on any atom is -0.383 e. The van der Waals surface area contributed by atoms with E-state index in [1.54, 1.807) is 13.0 Å². The molecule has 0 fully saturated rings. The Kier molecular flexibility index (Phi) is 7.40. The first-order valence-electron chi connectivity index (χ1n) is 9.92. The number of halogens is 4. The van der Waals surface area contributed by atoms with E-state index in [0.29, 0.717) is 17.4 Å². The van der Waals surface area contributed by atoms with Crippen LogP contribution in [0.25, 0.3) is 0 Å². The van der Waals surface area contributed by atoms with E-state index in [0.717, 1.165) is 11.4 Å². The summed E-state index contributed by atoms with van der Waals surface area (Å²) in [6.07, 6.45) is -1.25. The highest BCUT2D eigenvalue weighted by atomic mass is 32.1. The van der Waals surface area contributed by atoms with E-state index in [9.17, 15) is 22.4 Å². The van der Waals surface area contributed by atoms with Crippen molar-refractivity contribution in [2.75, 3.05) is 11.1 Å². The molecule has 178 valence electrons. The topological polar surface area (TPSA) is 97.0 Å². The highest BCUT2D eigenvalue weighted by Crippen LogP contribution is 2.33. The maximum absolute atomic E-state index is 14.3. The molecule has 0 aliphatic rings. The number of amides is 1. The molecule has 7 nitrogen and oxygen atoms in total. The summed E-state index contributed by atoms with van der Waals surface area (Å²) in [5.41, 5.74) is 5.76. The SMILES string of the molecule is Cc1cc(Nc2cc(C(F)(F)F)cnc2CN(C(=O)C=S)C(C)c2ncccc2F)cnc1N. The third kappa shape index (κ3) is 5.63. The lowest BCUT2D eigenvalue weighted by atomic mass is 10.1. The Labute approximate surface area is 198 Å². The number of hydrogen-bond donors (Lipinski definition) is 2. The predicted molar refractivity (Wildman–Crippen MR) is 123 cm³/mol. The summed E-state index contributed by atoms with van der Waals surface area (Å²) in [6, 6.07) is 4.20. The summed E-state index contributed by atoms with van der Waals surface area (Å²) in [5, 5.41) is 3.72. The molecule has 0 spiro atoms. The zero-order valence-electron chi connectivity index (χ0n) is 18.1. The fraction of sp³-hybridized carbons (Fsp3) is 0.227. The Morgan fingerprint density at radius 2 is 2.00 bits per heavy atom. The van der Waals surface area contributed by atoms with Gasteiger partial charge in [-0.3, -0.25) is 14.8 Å². The third-order valence-corrected chi connectivity index (χ3v) is 5.25. The molecule has 3 aromatic heterocycles. The molecule has 0 radical (unpaired) electrons. The van der Waals surface area contributed by atoms with Crippen LogP contribution in [0.2, 0.25) is 0 Å². The Morgan fingerprint density at radius 3 is 2.62 bits per heavy atom. The van der Waals surface area contributed by atoms with Crippen molar-refractivity contribution in [1.29, 1.82) is 0 Å². The molecule has 1 unspecified atom stereocenters. The van der Waals surface area contributed by atoms with Crippen molar-refractivity contribution in [2.24, 2.45) is 0 Å². The first-order chi connectivity index (χ1) is 16.0. The predicted octanol–water partition coefficient (Wildman–Crippen LogP) is 4.75. The summed E-state index contributed by atoms with van der Waals surface area (Å²) in [6.45, 7) is 2.96. The molecule has 3 N–H and O–H groups in total. The van der Waals surface area contributed by atoms with Crippen LogP contribution < -0.4 is 11.1 Å². The lowest BCUT2D eigenvalue weighted by molar-refractivity contribution is -0.137. The third-order valence-electron chi connectivity index (χ3n) is 5.05. The highest BCUT2D eigenvalue weighted by Gasteiger charge is 2.32. The van der Waals surface area contributed by atoms with Gasteiger partial charge in [-0.25, -0.2) is 9.37 Å². The van der Waals surface area contributed by atoms with Crippen LogP contribution in [-0.4, -0.2) is 31.1 Å². The zero-order chi connectivity index (χ0) is 25.0. The van der Waals surface area contributed by atoms with Gasteiger partial charge in [-0.2, -0.15) is 13.2 Å². The Bertz CT molecular complexity index is 1220. The van der Waals surface area contributed by atoms with E-state index in [-0.39, 0.29) is 29.4 Å². The molecule has 0 aliphatic heterocycles. The molecule has 3 heterocycles. The van der Waals surface area contributed by atoms with Gasteiger partial charge in [-0.15, -0.1) is 0 Å². The van der Waals surface area contributed by atoms with Crippen LogP contribution in [0.3, 0.4) is 0 Å². The van der Waals surface area contributed by atoms with Gasteiger partial charge in [0.05, 0.1) is 52.5 Å². The standard InChI is InChI=1S/C22H20F4N6OS/c1-12-6-15(9-30-21(12)27)31-17-7-14(22(24,25)26)8-29-18(17)10-32(19(33)11-34)13(2)20-16(23)4-3-5-28-20/h3-9,11,13,31H,10H2,1-2H3,(H2,27,30). The minimum absolute atomic E-state index is 0.0170. The van der Waals surface area contributed by atoms with Crippen LogP contribution in [0.4, 0.5) is 34.8 Å². The van der Waals surface area contributed by atoms with Gasteiger partial charge < -0.3 is 16.0 Å². The Hall–Kier alpha value is -3.67. The summed E-state index contributed by atoms with van der Waals surface area (Å²) >= 11 is 4.77. The maximum Gasteiger partial charge on any atom is 0.417 e. The molecule has 12 heteroatoms. The average Bonchev–Trinajstić information content (AvgIpc) is 2.79. The van der Waals surface area contributed by atoms with Crippen LogP contribution in [-0.2, 0) is 17.5 Å². The molecular weight excluding hydrogens is 472 g/mol. The van der Waals surface area contributed by atoms with Gasteiger partial charge in [0.2, 0.25) is 0 Å². The van der Waals surface area contributed by atoms with Crippen molar-refractivity contribution in [3.8, 4) is 0 Å². The van der Waals surface area contributed by atoms with Gasteiger partial charge >= 0.3 is 6.18 Å². The monoisotopic (exact) mass is 492 g/mol. The maximum atomic E-state index is 14.3. The number of aromatic nitrogens is 3. The Balaban J connectivity index is 2.04. The van der Waals surface area contributed by atoms with E-state index in [2.05, 4.69) is 20.3 Å². The Morgan fingerprint density at radius 1 is 1.26 bits per heavy atom. The minimum atomic E-state index is -4.65. The molecule has 0 aliphatic carbocycles. The largest absolute Gasteiger partial charge is 0.417 e. The van der Waals surface area contributed by atoms with Gasteiger partial charge in [-0.1, -0.05) is 12.2 Å². The number of nitrogens with two attached hydrogens (primary N) is 1. The molecule has 0 bridgehead atoms. The number of pyridine rings is 3. The number of alkyl halides is 3. The molecule has 1 amide bonds. The molecule has 0 saturated carbocycles. The second-order valence-electron chi connectivity index (χ2n) is 7.40. The van der Waals surface area contributed by atoms with Crippen molar-refractivity contribution in [2.45, 2.75) is 32.6 Å². The quantitative estimate of drug-likeness (QED) is 0.363. The van der Waals surface area contributed by atoms with Crippen LogP contribution in [0.1, 0.15) is 35.5 Å². The summed E-state index contributed by atoms with van der Waals surface area (Å²) < 4.78 is 54.4. The molecule has 34 heavy (non-hydrogen) atoms. The smallest absolute Gasteiger partial charge is 0.383 e. The van der Waals surface area contributed by atoms with Crippen LogP contribution in [0.15, 0.2) is 42.9 Å². The second-order valence-corrected chi connectivity index (χ2v) is 7.63. The van der Waals surface area contributed by atoms with E-state index in [4.69, 9.17) is 18.0 Å². The molecule has 1 atom stereocenters. The molecule has 3 aromatic rings. The van der Waals surface area contributed by atoms with Crippen molar-refractivity contribution >= 4 is 40.7 Å². The van der Waals surface area contributed by atoms with Crippen LogP contribution in [0, 0.1) is 12.7 Å². The first kappa shape index (κ1) is 25.0. The fourth-order valence-corrected chi connectivity index (χ4v) is 3.31. The number of aryl methyl sites for hydroxylation is 1. The molecule has 0 saturated heterocycles. The average molecular weight is 493 g/mol. The van der Waals surface area contributed by atoms with Gasteiger partial charge in [-0.05, 0) is 43.7 Å². The molecule has 0 aromatic carbocycles. The van der Waals surface area contributed by atoms with Gasteiger partial charge in [0.15, 0.2) is 0 Å². The normalized spacial score (nSPS) is 12.2. The number of rotatable bonds is 7. The highest BCUT2D eigenvalue weighted by molar-refractivity contribution is 7.80. The van der Waals surface area contributed by atoms with Crippen molar-refractivity contribution < 1.29 is 22.4 Å². The summed E-state index contributed by atoms with van der Waals surface area (Å²) in [7, 11) is 0.